The highest BCUT2D eigenvalue weighted by Gasteiger charge is 2.60. The van der Waals surface area contributed by atoms with E-state index < -0.39 is 0 Å². The number of hydrogen-bond acceptors (Lipinski definition) is 2. The minimum atomic E-state index is -0.192. The maximum absolute atomic E-state index is 13.0. The van der Waals surface area contributed by atoms with E-state index in [4.69, 9.17) is 28.2 Å². The van der Waals surface area contributed by atoms with Crippen molar-refractivity contribution in [2.24, 2.45) is 17.3 Å². The van der Waals surface area contributed by atoms with Crippen molar-refractivity contribution in [2.45, 2.75) is 13.8 Å². The first-order valence-corrected chi connectivity index (χ1v) is 9.51. The molecule has 0 radical (unpaired) electrons. The highest BCUT2D eigenvalue weighted by Crippen LogP contribution is 2.60. The largest absolute Gasteiger partial charge is 0.310 e. The molecule has 1 N–H and O–H groups in total. The van der Waals surface area contributed by atoms with Crippen LogP contribution in [-0.4, -0.2) is 15.3 Å². The van der Waals surface area contributed by atoms with Gasteiger partial charge in [-0.05, 0) is 29.5 Å². The quantitative estimate of drug-likeness (QED) is 0.626. The third-order valence-corrected chi connectivity index (χ3v) is 5.57. The molecular weight excluding hydrogens is 381 g/mol. The van der Waals surface area contributed by atoms with Crippen molar-refractivity contribution < 1.29 is 4.79 Å². The zero-order valence-electron chi connectivity index (χ0n) is 15.0. The van der Waals surface area contributed by atoms with E-state index in [0.29, 0.717) is 5.82 Å². The predicted molar refractivity (Wildman–Crippen MR) is 110 cm³/mol. The van der Waals surface area contributed by atoms with Gasteiger partial charge < -0.3 is 5.32 Å². The maximum atomic E-state index is 13.0. The monoisotopic (exact) mass is 399 g/mol. The molecule has 0 saturated heterocycles. The molecule has 1 aromatic carbocycles. The van der Waals surface area contributed by atoms with Gasteiger partial charge in [0.1, 0.15) is 21.7 Å². The molecule has 3 aromatic rings. The number of aromatic nitrogens is 2. The minimum Gasteiger partial charge on any atom is -0.310 e. The lowest BCUT2D eigenvalue weighted by Crippen LogP contribution is -2.18. The highest BCUT2D eigenvalue weighted by molar-refractivity contribution is 6.55. The summed E-state index contributed by atoms with van der Waals surface area (Å²) in [6.07, 6.45) is 3.65. The SMILES string of the molecule is CC1(C)[C@H](C=C(Cl)Cl)[C@H]1C(=O)Nc1c(-c2ccccc2)nc2ccccn12. The Morgan fingerprint density at radius 3 is 2.56 bits per heavy atom. The average Bonchev–Trinajstić information content (AvgIpc) is 2.99. The number of hydrogen-bond donors (Lipinski definition) is 1. The van der Waals surface area contributed by atoms with Crippen molar-refractivity contribution in [1.82, 2.24) is 9.38 Å². The van der Waals surface area contributed by atoms with Gasteiger partial charge in [0.2, 0.25) is 5.91 Å². The molecule has 2 atom stereocenters. The van der Waals surface area contributed by atoms with Crippen LogP contribution in [-0.2, 0) is 4.79 Å². The van der Waals surface area contributed by atoms with Crippen LogP contribution in [0.4, 0.5) is 5.82 Å². The van der Waals surface area contributed by atoms with E-state index in [1.54, 1.807) is 6.08 Å². The van der Waals surface area contributed by atoms with Crippen molar-refractivity contribution in [3.63, 3.8) is 0 Å². The molecule has 1 aliphatic carbocycles. The molecule has 0 bridgehead atoms. The number of carbonyl (C=O) groups is 1. The average molecular weight is 400 g/mol. The van der Waals surface area contributed by atoms with Crippen molar-refractivity contribution in [3.05, 3.63) is 65.3 Å². The highest BCUT2D eigenvalue weighted by atomic mass is 35.5. The second-order valence-corrected chi connectivity index (χ2v) is 8.38. The van der Waals surface area contributed by atoms with E-state index in [9.17, 15) is 4.79 Å². The topological polar surface area (TPSA) is 46.4 Å². The first-order chi connectivity index (χ1) is 12.9. The summed E-state index contributed by atoms with van der Waals surface area (Å²) in [6.45, 7) is 4.09. The predicted octanol–water partition coefficient (Wildman–Crippen LogP) is 5.53. The molecule has 1 fully saturated rings. The summed E-state index contributed by atoms with van der Waals surface area (Å²) < 4.78 is 2.10. The molecule has 6 heteroatoms. The van der Waals surface area contributed by atoms with Crippen LogP contribution in [0.3, 0.4) is 0 Å². The number of rotatable bonds is 4. The minimum absolute atomic E-state index is 0.0156. The first kappa shape index (κ1) is 18.1. The van der Waals surface area contributed by atoms with Gasteiger partial charge in [-0.2, -0.15) is 0 Å². The summed E-state index contributed by atoms with van der Waals surface area (Å²) in [5, 5.41) is 3.10. The molecular formula is C21H19Cl2N3O. The molecule has 4 rings (SSSR count). The molecule has 2 heterocycles. The van der Waals surface area contributed by atoms with E-state index in [0.717, 1.165) is 16.9 Å². The van der Waals surface area contributed by atoms with Gasteiger partial charge in [-0.3, -0.25) is 9.20 Å². The molecule has 138 valence electrons. The van der Waals surface area contributed by atoms with Crippen molar-refractivity contribution in [1.29, 1.82) is 0 Å². The zero-order valence-corrected chi connectivity index (χ0v) is 16.5. The second kappa shape index (κ2) is 6.70. The lowest BCUT2D eigenvalue weighted by atomic mass is 10.1. The fourth-order valence-corrected chi connectivity index (χ4v) is 4.00. The molecule has 0 unspecified atom stereocenters. The second-order valence-electron chi connectivity index (χ2n) is 7.37. The van der Waals surface area contributed by atoms with Gasteiger partial charge in [-0.15, -0.1) is 0 Å². The van der Waals surface area contributed by atoms with Gasteiger partial charge in [-0.1, -0.05) is 73.4 Å². The van der Waals surface area contributed by atoms with E-state index in [1.165, 1.54) is 0 Å². The Bertz CT molecular complexity index is 1040. The molecule has 0 aliphatic heterocycles. The molecule has 1 saturated carbocycles. The number of halogens is 2. The molecule has 4 nitrogen and oxygen atoms in total. The number of pyridine rings is 1. The third kappa shape index (κ3) is 3.24. The van der Waals surface area contributed by atoms with Crippen LogP contribution < -0.4 is 5.32 Å². The normalized spacial score (nSPS) is 20.3. The van der Waals surface area contributed by atoms with Gasteiger partial charge in [0.25, 0.3) is 0 Å². The lowest BCUT2D eigenvalue weighted by Gasteiger charge is -2.08. The number of carbonyl (C=O) groups excluding carboxylic acids is 1. The van der Waals surface area contributed by atoms with E-state index in [-0.39, 0.29) is 27.6 Å². The standard InChI is InChI=1S/C21H19Cl2N3O/c1-21(2)14(12-15(22)23)17(21)20(27)25-19-18(13-8-4-3-5-9-13)24-16-10-6-7-11-26(16)19/h3-12,14,17H,1-2H3,(H,25,27)/t14-,17+/m1/s1. The summed E-state index contributed by atoms with van der Waals surface area (Å²) in [5.74, 6) is 0.438. The Morgan fingerprint density at radius 2 is 1.85 bits per heavy atom. The third-order valence-electron chi connectivity index (χ3n) is 5.32. The molecule has 0 spiro atoms. The lowest BCUT2D eigenvalue weighted by molar-refractivity contribution is -0.118. The zero-order chi connectivity index (χ0) is 19.2. The molecule has 1 amide bonds. The molecule has 2 aromatic heterocycles. The van der Waals surface area contributed by atoms with Crippen LogP contribution in [0, 0.1) is 17.3 Å². The van der Waals surface area contributed by atoms with Gasteiger partial charge in [0.05, 0.1) is 5.92 Å². The smallest absolute Gasteiger partial charge is 0.229 e. The number of allylic oxidation sites excluding steroid dienone is 1. The van der Waals surface area contributed by atoms with Crippen LogP contribution in [0.2, 0.25) is 0 Å². The van der Waals surface area contributed by atoms with Crippen LogP contribution in [0.5, 0.6) is 0 Å². The number of nitrogens with zero attached hydrogens (tertiary/aromatic N) is 2. The summed E-state index contributed by atoms with van der Waals surface area (Å²) in [6, 6.07) is 15.6. The fourth-order valence-electron chi connectivity index (χ4n) is 3.73. The van der Waals surface area contributed by atoms with E-state index in [2.05, 4.69) is 5.32 Å². The van der Waals surface area contributed by atoms with Crippen LogP contribution in [0.25, 0.3) is 16.9 Å². The number of imidazole rings is 1. The van der Waals surface area contributed by atoms with Gasteiger partial charge in [0, 0.05) is 11.8 Å². The summed E-state index contributed by atoms with van der Waals surface area (Å²) in [4.78, 5) is 17.8. The number of fused-ring (bicyclic) bond motifs is 1. The fraction of sp³-hybridized carbons (Fsp3) is 0.238. The number of benzene rings is 1. The Kier molecular flexibility index (Phi) is 4.49. The van der Waals surface area contributed by atoms with E-state index in [1.807, 2.05) is 73.0 Å². The van der Waals surface area contributed by atoms with Gasteiger partial charge in [-0.25, -0.2) is 4.98 Å². The molecule has 27 heavy (non-hydrogen) atoms. The number of nitrogens with one attached hydrogen (secondary N) is 1. The Labute approximate surface area is 167 Å². The first-order valence-electron chi connectivity index (χ1n) is 8.76. The van der Waals surface area contributed by atoms with Crippen LogP contribution >= 0.6 is 23.2 Å². The van der Waals surface area contributed by atoms with Crippen LogP contribution in [0.1, 0.15) is 13.8 Å². The van der Waals surface area contributed by atoms with Crippen molar-refractivity contribution in [3.8, 4) is 11.3 Å². The van der Waals surface area contributed by atoms with Gasteiger partial charge >= 0.3 is 0 Å². The summed E-state index contributed by atoms with van der Waals surface area (Å²) >= 11 is 11.6. The van der Waals surface area contributed by atoms with Crippen molar-refractivity contribution >= 4 is 40.6 Å². The number of anilines is 1. The van der Waals surface area contributed by atoms with E-state index >= 15 is 0 Å². The Balaban J connectivity index is 1.72. The summed E-state index contributed by atoms with van der Waals surface area (Å²) in [5.41, 5.74) is 2.29. The van der Waals surface area contributed by atoms with Crippen molar-refractivity contribution in [2.75, 3.05) is 5.32 Å². The Hall–Kier alpha value is -2.30. The Morgan fingerprint density at radius 1 is 1.15 bits per heavy atom. The molecule has 1 aliphatic rings. The van der Waals surface area contributed by atoms with Gasteiger partial charge in [0.15, 0.2) is 0 Å². The van der Waals surface area contributed by atoms with Crippen LogP contribution in [0.15, 0.2) is 65.3 Å². The number of amides is 1. The maximum Gasteiger partial charge on any atom is 0.229 e. The summed E-state index contributed by atoms with van der Waals surface area (Å²) in [7, 11) is 0.